The van der Waals surface area contributed by atoms with Gasteiger partial charge in [-0.15, -0.1) is 11.8 Å². The molecule has 0 spiro atoms. The molecule has 13 heteroatoms. The Balaban J connectivity index is 1.30. The van der Waals surface area contributed by atoms with Crippen LogP contribution in [-0.4, -0.2) is 85.8 Å². The smallest absolute Gasteiger partial charge is 0.352 e. The van der Waals surface area contributed by atoms with Crippen LogP contribution in [0.1, 0.15) is 28.9 Å². The molecule has 5 rings (SSSR count). The number of aliphatic carboxylic acids is 1. The van der Waals surface area contributed by atoms with Gasteiger partial charge in [0.1, 0.15) is 23.2 Å². The molecule has 40 heavy (non-hydrogen) atoms. The molecule has 0 saturated carbocycles. The summed E-state index contributed by atoms with van der Waals surface area (Å²) in [6.07, 6.45) is 0. The largest absolute Gasteiger partial charge is 0.477 e. The number of carboxylic acids is 1. The molecule has 206 valence electrons. The minimum absolute atomic E-state index is 0.00760. The minimum Gasteiger partial charge on any atom is -0.477 e. The Hall–Kier alpha value is -4.65. The first kappa shape index (κ1) is 26.9. The molecular formula is C27H25N5O7S. The highest BCUT2D eigenvalue weighted by Crippen LogP contribution is 2.40. The molecule has 3 atom stereocenters. The van der Waals surface area contributed by atoms with Crippen LogP contribution in [-0.2, 0) is 14.4 Å². The fraction of sp³-hybridized carbons (Fsp3) is 0.259. The van der Waals surface area contributed by atoms with Crippen molar-refractivity contribution < 1.29 is 33.9 Å². The van der Waals surface area contributed by atoms with Crippen molar-refractivity contribution in [2.24, 2.45) is 0 Å². The number of nitrogens with zero attached hydrogens (tertiary/aromatic N) is 3. The molecule has 2 saturated heterocycles. The summed E-state index contributed by atoms with van der Waals surface area (Å²) in [5, 5.41) is 14.1. The molecule has 12 nitrogen and oxygen atoms in total. The zero-order chi connectivity index (χ0) is 28.6. The molecule has 2 fully saturated rings. The van der Waals surface area contributed by atoms with Gasteiger partial charge in [-0.2, -0.15) is 0 Å². The van der Waals surface area contributed by atoms with Crippen LogP contribution in [0.15, 0.2) is 71.9 Å². The maximum Gasteiger partial charge on any atom is 0.352 e. The zero-order valence-corrected chi connectivity index (χ0v) is 22.1. The second-order valence-electron chi connectivity index (χ2n) is 9.38. The molecule has 0 bridgehead atoms. The van der Waals surface area contributed by atoms with E-state index in [1.54, 1.807) is 67.6 Å². The van der Waals surface area contributed by atoms with Gasteiger partial charge in [-0.05, 0) is 30.2 Å². The van der Waals surface area contributed by atoms with Crippen molar-refractivity contribution >= 4 is 47.5 Å². The summed E-state index contributed by atoms with van der Waals surface area (Å²) in [6, 6.07) is 12.5. The Morgan fingerprint density at radius 2 is 1.57 bits per heavy atom. The van der Waals surface area contributed by atoms with Crippen LogP contribution in [0.3, 0.4) is 0 Å². The Labute approximate surface area is 233 Å². The number of hydrogen-bond acceptors (Lipinski definition) is 7. The van der Waals surface area contributed by atoms with Gasteiger partial charge < -0.3 is 15.7 Å². The third-order valence-corrected chi connectivity index (χ3v) is 8.27. The van der Waals surface area contributed by atoms with E-state index in [-0.39, 0.29) is 18.8 Å². The van der Waals surface area contributed by atoms with Gasteiger partial charge in [0.05, 0.1) is 6.54 Å². The van der Waals surface area contributed by atoms with Crippen LogP contribution < -0.4 is 10.6 Å². The van der Waals surface area contributed by atoms with E-state index < -0.39 is 53.2 Å². The van der Waals surface area contributed by atoms with E-state index in [0.717, 1.165) is 14.7 Å². The van der Waals surface area contributed by atoms with E-state index >= 15 is 0 Å². The number of thioether (sulfide) groups is 1. The van der Waals surface area contributed by atoms with Crippen LogP contribution >= 0.6 is 11.8 Å². The lowest BCUT2D eigenvalue weighted by Gasteiger charge is -2.49. The average molecular weight is 564 g/mol. The summed E-state index contributed by atoms with van der Waals surface area (Å²) in [5.74, 6) is -2.64. The van der Waals surface area contributed by atoms with Gasteiger partial charge in [-0.3, -0.25) is 24.2 Å². The number of carbonyl (C=O) groups is 6. The molecule has 3 aliphatic rings. The van der Waals surface area contributed by atoms with E-state index in [0.29, 0.717) is 22.5 Å². The Kier molecular flexibility index (Phi) is 7.30. The van der Waals surface area contributed by atoms with Gasteiger partial charge in [0.25, 0.3) is 11.8 Å². The molecule has 3 heterocycles. The van der Waals surface area contributed by atoms with Crippen molar-refractivity contribution in [2.75, 3.05) is 18.8 Å². The van der Waals surface area contributed by atoms with Crippen molar-refractivity contribution in [1.82, 2.24) is 25.3 Å². The SMILES string of the molecule is CC1=C(C(=O)O)N2C(=O)C(NC(=O)C(NC(=O)N3CCN(C(=O)c4ccccc4)C3=O)c3ccccc3)[C@@H]2SC1. The Bertz CT molecular complexity index is 1430. The monoisotopic (exact) mass is 563 g/mol. The number of rotatable bonds is 6. The standard InChI is InChI=1S/C27H25N5O7S/c1-15-14-40-24-19(23(35)32(24)20(15)25(36)37)28-21(33)18(16-8-4-2-5-9-16)29-26(38)31-13-12-30(27(31)39)22(34)17-10-6-3-7-11-17/h2-11,18-19,24H,12-14H2,1H3,(H,28,33)(H,29,38)(H,36,37)/t18?,19?,24-/m0/s1. The van der Waals surface area contributed by atoms with Gasteiger partial charge in [-0.25, -0.2) is 19.3 Å². The van der Waals surface area contributed by atoms with Crippen molar-refractivity contribution in [3.63, 3.8) is 0 Å². The van der Waals surface area contributed by atoms with Crippen LogP contribution in [0.2, 0.25) is 0 Å². The quantitative estimate of drug-likeness (QED) is 0.449. The van der Waals surface area contributed by atoms with Gasteiger partial charge >= 0.3 is 18.0 Å². The van der Waals surface area contributed by atoms with Gasteiger partial charge in [0.2, 0.25) is 5.91 Å². The molecule has 0 aliphatic carbocycles. The number of imide groups is 2. The van der Waals surface area contributed by atoms with Crippen LogP contribution in [0.4, 0.5) is 9.59 Å². The van der Waals surface area contributed by atoms with Crippen molar-refractivity contribution in [3.05, 3.63) is 83.1 Å². The zero-order valence-electron chi connectivity index (χ0n) is 21.3. The number of benzene rings is 2. The molecule has 2 unspecified atom stereocenters. The Morgan fingerprint density at radius 3 is 2.23 bits per heavy atom. The number of hydrogen-bond donors (Lipinski definition) is 3. The van der Waals surface area contributed by atoms with Crippen LogP contribution in [0, 0.1) is 0 Å². The molecule has 2 aromatic rings. The second kappa shape index (κ2) is 10.8. The number of fused-ring (bicyclic) bond motifs is 1. The molecule has 0 radical (unpaired) electrons. The summed E-state index contributed by atoms with van der Waals surface area (Å²) in [5.41, 5.74) is 1.17. The third kappa shape index (κ3) is 4.79. The highest BCUT2D eigenvalue weighted by atomic mass is 32.2. The third-order valence-electron chi connectivity index (χ3n) is 6.84. The first-order valence-electron chi connectivity index (χ1n) is 12.4. The fourth-order valence-corrected chi connectivity index (χ4v) is 6.10. The molecule has 2 aromatic carbocycles. The van der Waals surface area contributed by atoms with E-state index in [1.165, 1.54) is 11.8 Å². The lowest BCUT2D eigenvalue weighted by molar-refractivity contribution is -0.151. The highest BCUT2D eigenvalue weighted by Gasteiger charge is 2.54. The maximum atomic E-state index is 13.4. The van der Waals surface area contributed by atoms with Crippen molar-refractivity contribution in [3.8, 4) is 0 Å². The predicted octanol–water partition coefficient (Wildman–Crippen LogP) is 1.77. The predicted molar refractivity (Wildman–Crippen MR) is 143 cm³/mol. The highest BCUT2D eigenvalue weighted by molar-refractivity contribution is 8.00. The van der Waals surface area contributed by atoms with Gasteiger partial charge in [0, 0.05) is 17.9 Å². The average Bonchev–Trinajstić information content (AvgIpc) is 3.35. The van der Waals surface area contributed by atoms with E-state index in [2.05, 4.69) is 10.6 Å². The molecule has 3 N–H and O–H groups in total. The second-order valence-corrected chi connectivity index (χ2v) is 10.5. The summed E-state index contributed by atoms with van der Waals surface area (Å²) >= 11 is 1.33. The number of amides is 7. The summed E-state index contributed by atoms with van der Waals surface area (Å²) < 4.78 is 0. The molecule has 0 aromatic heterocycles. The fourth-order valence-electron chi connectivity index (χ4n) is 4.81. The molecule has 3 aliphatic heterocycles. The number of carboxylic acid groups (broad SMARTS) is 1. The van der Waals surface area contributed by atoms with Gasteiger partial charge in [-0.1, -0.05) is 48.5 Å². The first-order valence-corrected chi connectivity index (χ1v) is 13.5. The number of urea groups is 2. The number of β-lactam (4-membered cyclic amide) rings is 1. The lowest BCUT2D eigenvalue weighted by atomic mass is 10.0. The summed E-state index contributed by atoms with van der Waals surface area (Å²) in [6.45, 7) is 1.57. The van der Waals surface area contributed by atoms with Crippen LogP contribution in [0.25, 0.3) is 0 Å². The van der Waals surface area contributed by atoms with Crippen LogP contribution in [0.5, 0.6) is 0 Å². The van der Waals surface area contributed by atoms with Crippen molar-refractivity contribution in [2.45, 2.75) is 24.4 Å². The first-order chi connectivity index (χ1) is 19.2. The van der Waals surface area contributed by atoms with E-state index in [4.69, 9.17) is 0 Å². The lowest BCUT2D eigenvalue weighted by Crippen LogP contribution is -2.71. The Morgan fingerprint density at radius 1 is 0.950 bits per heavy atom. The number of carbonyl (C=O) groups excluding carboxylic acids is 5. The molecule has 7 amide bonds. The maximum absolute atomic E-state index is 13.4. The van der Waals surface area contributed by atoms with Crippen molar-refractivity contribution in [1.29, 1.82) is 0 Å². The minimum atomic E-state index is -1.27. The number of nitrogens with one attached hydrogen (secondary N) is 2. The normalized spacial score (nSPS) is 21.0. The van der Waals surface area contributed by atoms with Gasteiger partial charge in [0.15, 0.2) is 0 Å². The van der Waals surface area contributed by atoms with E-state index in [9.17, 15) is 33.9 Å². The van der Waals surface area contributed by atoms with E-state index in [1.807, 2.05) is 0 Å². The summed E-state index contributed by atoms with van der Waals surface area (Å²) in [7, 11) is 0. The topological polar surface area (TPSA) is 156 Å². The summed E-state index contributed by atoms with van der Waals surface area (Å²) in [4.78, 5) is 79.9. The molecular weight excluding hydrogens is 538 g/mol.